The molecule has 2 aromatic carbocycles. The first-order chi connectivity index (χ1) is 14.1. The maximum absolute atomic E-state index is 12.8. The highest BCUT2D eigenvalue weighted by molar-refractivity contribution is 5.88. The topological polar surface area (TPSA) is 63.8 Å². The number of aromatic amines is 1. The van der Waals surface area contributed by atoms with E-state index >= 15 is 0 Å². The number of benzene rings is 2. The first kappa shape index (κ1) is 17.9. The summed E-state index contributed by atoms with van der Waals surface area (Å²) in [5, 5.41) is 1.24. The molecule has 2 heterocycles. The summed E-state index contributed by atoms with van der Waals surface area (Å²) in [5.74, 6) is 1.38. The van der Waals surface area contributed by atoms with Gasteiger partial charge in [-0.1, -0.05) is 18.2 Å². The summed E-state index contributed by atoms with van der Waals surface area (Å²) in [4.78, 5) is 18.3. The van der Waals surface area contributed by atoms with Crippen LogP contribution in [0.4, 0.5) is 4.79 Å². The average molecular weight is 392 g/mol. The number of hydrogen-bond donors (Lipinski definition) is 1. The molecule has 29 heavy (non-hydrogen) atoms. The zero-order valence-electron chi connectivity index (χ0n) is 16.8. The molecule has 1 unspecified atom stereocenters. The molecule has 1 atom stereocenters. The minimum Gasteiger partial charge on any atom is -0.497 e. The van der Waals surface area contributed by atoms with Crippen LogP contribution in [0.15, 0.2) is 42.5 Å². The molecule has 1 fully saturated rings. The zero-order valence-corrected chi connectivity index (χ0v) is 16.8. The number of methoxy groups -OCH3 is 3. The number of nitrogens with one attached hydrogen (secondary N) is 1. The molecule has 3 aromatic rings. The predicted molar refractivity (Wildman–Crippen MR) is 110 cm³/mol. The lowest BCUT2D eigenvalue weighted by molar-refractivity contribution is 0.101. The lowest BCUT2D eigenvalue weighted by Crippen LogP contribution is -2.45. The molecule has 1 aliphatic carbocycles. The minimum atomic E-state index is -0.327. The molecule has 0 saturated heterocycles. The largest absolute Gasteiger partial charge is 0.497 e. The van der Waals surface area contributed by atoms with Crippen LogP contribution in [0.2, 0.25) is 0 Å². The molecule has 5 rings (SSSR count). The summed E-state index contributed by atoms with van der Waals surface area (Å²) >= 11 is 0. The number of H-pyrrole nitrogens is 1. The Hall–Kier alpha value is -3.15. The van der Waals surface area contributed by atoms with Crippen LogP contribution in [-0.4, -0.2) is 43.9 Å². The van der Waals surface area contributed by atoms with E-state index in [0.717, 1.165) is 29.6 Å². The highest BCUT2D eigenvalue weighted by Crippen LogP contribution is 2.58. The summed E-state index contributed by atoms with van der Waals surface area (Å²) in [6, 6.07) is 13.8. The second-order valence-electron chi connectivity index (χ2n) is 7.89. The van der Waals surface area contributed by atoms with Crippen molar-refractivity contribution in [1.82, 2.24) is 9.88 Å². The van der Waals surface area contributed by atoms with Gasteiger partial charge in [0, 0.05) is 34.6 Å². The average Bonchev–Trinajstić information content (AvgIpc) is 3.41. The molecule has 0 bridgehead atoms. The number of amides is 1. The Kier molecular flexibility index (Phi) is 3.98. The van der Waals surface area contributed by atoms with Gasteiger partial charge in [-0.2, -0.15) is 0 Å². The maximum Gasteiger partial charge on any atom is 0.410 e. The molecule has 1 saturated carbocycles. The van der Waals surface area contributed by atoms with Gasteiger partial charge in [0.25, 0.3) is 0 Å². The fraction of sp³-hybridized carbons (Fsp3) is 0.348. The van der Waals surface area contributed by atoms with Gasteiger partial charge in [-0.15, -0.1) is 0 Å². The molecule has 1 amide bonds. The van der Waals surface area contributed by atoms with Crippen molar-refractivity contribution >= 4 is 17.0 Å². The standard InChI is InChI=1S/C23H24N2O4/c1-27-15-10-14(11-16(12-15)28-2)21-20-19(17-6-4-5-7-18(17)24-20)23(8-9-23)13-25(21)22(26)29-3/h4-7,10-12,21,24H,8-9,13H2,1-3H3. The van der Waals surface area contributed by atoms with E-state index in [0.29, 0.717) is 18.0 Å². The van der Waals surface area contributed by atoms with Crippen LogP contribution in [0, 0.1) is 0 Å². The Balaban J connectivity index is 1.77. The van der Waals surface area contributed by atoms with Crippen molar-refractivity contribution in [2.45, 2.75) is 24.3 Å². The fourth-order valence-electron chi connectivity index (χ4n) is 4.77. The van der Waals surface area contributed by atoms with Crippen molar-refractivity contribution in [1.29, 1.82) is 0 Å². The molecule has 6 heteroatoms. The molecule has 1 spiro atoms. The van der Waals surface area contributed by atoms with Crippen molar-refractivity contribution in [2.24, 2.45) is 0 Å². The number of fused-ring (bicyclic) bond motifs is 4. The number of ether oxygens (including phenoxy) is 3. The third kappa shape index (κ3) is 2.66. The summed E-state index contributed by atoms with van der Waals surface area (Å²) < 4.78 is 16.1. The Morgan fingerprint density at radius 2 is 1.76 bits per heavy atom. The Bertz CT molecular complexity index is 1080. The Morgan fingerprint density at radius 3 is 2.38 bits per heavy atom. The number of hydrogen-bond acceptors (Lipinski definition) is 4. The van der Waals surface area contributed by atoms with E-state index in [-0.39, 0.29) is 17.6 Å². The van der Waals surface area contributed by atoms with Crippen molar-refractivity contribution in [3.05, 3.63) is 59.3 Å². The highest BCUT2D eigenvalue weighted by Gasteiger charge is 2.55. The molecule has 1 N–H and O–H groups in total. The van der Waals surface area contributed by atoms with Gasteiger partial charge in [0.1, 0.15) is 17.5 Å². The van der Waals surface area contributed by atoms with Gasteiger partial charge in [0.15, 0.2) is 0 Å². The predicted octanol–water partition coefficient (Wildman–Crippen LogP) is 4.39. The second kappa shape index (κ2) is 6.44. The number of para-hydroxylation sites is 1. The van der Waals surface area contributed by atoms with Crippen LogP contribution in [0.25, 0.3) is 10.9 Å². The first-order valence-corrected chi connectivity index (χ1v) is 9.79. The summed E-state index contributed by atoms with van der Waals surface area (Å²) in [5.41, 5.74) is 4.41. The molecule has 1 aromatic heterocycles. The van der Waals surface area contributed by atoms with E-state index < -0.39 is 0 Å². The lowest BCUT2D eigenvalue weighted by atomic mass is 9.83. The monoisotopic (exact) mass is 392 g/mol. The molecule has 0 radical (unpaired) electrons. The van der Waals surface area contributed by atoms with Gasteiger partial charge >= 0.3 is 6.09 Å². The van der Waals surface area contributed by atoms with Crippen molar-refractivity contribution in [3.63, 3.8) is 0 Å². The van der Waals surface area contributed by atoms with Gasteiger partial charge in [-0.25, -0.2) is 4.79 Å². The van der Waals surface area contributed by atoms with Crippen molar-refractivity contribution < 1.29 is 19.0 Å². The summed E-state index contributed by atoms with van der Waals surface area (Å²) in [7, 11) is 4.70. The van der Waals surface area contributed by atoms with Crippen LogP contribution in [0.5, 0.6) is 11.5 Å². The first-order valence-electron chi connectivity index (χ1n) is 9.79. The molecular weight excluding hydrogens is 368 g/mol. The van der Waals surface area contributed by atoms with Gasteiger partial charge in [-0.3, -0.25) is 4.90 Å². The van der Waals surface area contributed by atoms with Crippen LogP contribution >= 0.6 is 0 Å². The third-order valence-electron chi connectivity index (χ3n) is 6.28. The maximum atomic E-state index is 12.8. The smallest absolute Gasteiger partial charge is 0.410 e. The van der Waals surface area contributed by atoms with Gasteiger partial charge in [-0.05, 0) is 42.2 Å². The SMILES string of the molecule is COC(=O)N1CC2(CC2)c2c([nH]c3ccccc23)C1c1cc(OC)cc(OC)c1. The van der Waals surface area contributed by atoms with Gasteiger partial charge in [0.2, 0.25) is 0 Å². The second-order valence-corrected chi connectivity index (χ2v) is 7.89. The zero-order chi connectivity index (χ0) is 20.2. The Morgan fingerprint density at radius 1 is 1.07 bits per heavy atom. The van der Waals surface area contributed by atoms with Crippen molar-refractivity contribution in [2.75, 3.05) is 27.9 Å². The highest BCUT2D eigenvalue weighted by atomic mass is 16.5. The third-order valence-corrected chi connectivity index (χ3v) is 6.28. The number of carbonyl (C=O) groups excluding carboxylic acids is 1. The summed E-state index contributed by atoms with van der Waals surface area (Å²) in [6.45, 7) is 0.638. The van der Waals surface area contributed by atoms with Gasteiger partial charge < -0.3 is 19.2 Å². The molecule has 2 aliphatic rings. The Labute approximate surface area is 169 Å². The number of carbonyl (C=O) groups is 1. The fourth-order valence-corrected chi connectivity index (χ4v) is 4.77. The van der Waals surface area contributed by atoms with Crippen LogP contribution < -0.4 is 9.47 Å². The van der Waals surface area contributed by atoms with Crippen LogP contribution in [0.3, 0.4) is 0 Å². The van der Waals surface area contributed by atoms with E-state index in [4.69, 9.17) is 14.2 Å². The normalized spacial score (nSPS) is 19.1. The quantitative estimate of drug-likeness (QED) is 0.718. The molecule has 1 aliphatic heterocycles. The van der Waals surface area contributed by atoms with Gasteiger partial charge in [0.05, 0.1) is 21.3 Å². The van der Waals surface area contributed by atoms with E-state index in [1.54, 1.807) is 14.2 Å². The molecule has 6 nitrogen and oxygen atoms in total. The van der Waals surface area contributed by atoms with E-state index in [1.807, 2.05) is 29.2 Å². The van der Waals surface area contributed by atoms with E-state index in [1.165, 1.54) is 18.1 Å². The molecular formula is C23H24N2O4. The molecule has 150 valence electrons. The number of aromatic nitrogens is 1. The van der Waals surface area contributed by atoms with Crippen LogP contribution in [-0.2, 0) is 10.2 Å². The van der Waals surface area contributed by atoms with Crippen LogP contribution in [0.1, 0.15) is 35.7 Å². The number of nitrogens with zero attached hydrogens (tertiary/aromatic N) is 1. The minimum absolute atomic E-state index is 0.00256. The van der Waals surface area contributed by atoms with Crippen molar-refractivity contribution in [3.8, 4) is 11.5 Å². The van der Waals surface area contributed by atoms with E-state index in [9.17, 15) is 4.79 Å². The number of rotatable bonds is 3. The lowest BCUT2D eigenvalue weighted by Gasteiger charge is -2.39. The summed E-state index contributed by atoms with van der Waals surface area (Å²) in [6.07, 6.45) is 1.82. The van der Waals surface area contributed by atoms with E-state index in [2.05, 4.69) is 23.2 Å².